The Bertz CT molecular complexity index is 328. The Balaban J connectivity index is 2.18. The molecular weight excluding hydrogens is 218 g/mol. The number of ether oxygens (including phenoxy) is 1. The molecular formula is C13H21NOS. The quantitative estimate of drug-likeness (QED) is 0.795. The van der Waals surface area contributed by atoms with Crippen LogP contribution in [0.5, 0.6) is 0 Å². The number of methoxy groups -OCH3 is 1. The molecule has 1 aliphatic carbocycles. The second kappa shape index (κ2) is 5.28. The zero-order valence-electron chi connectivity index (χ0n) is 10.3. The van der Waals surface area contributed by atoms with E-state index in [0.29, 0.717) is 0 Å². The molecule has 2 nitrogen and oxygen atoms in total. The molecule has 1 aliphatic rings. The molecule has 0 amide bonds. The summed E-state index contributed by atoms with van der Waals surface area (Å²) < 4.78 is 5.80. The minimum atomic E-state index is -0.0606. The fraction of sp³-hybridized carbons (Fsp3) is 0.769. The monoisotopic (exact) mass is 239 g/mol. The van der Waals surface area contributed by atoms with Crippen molar-refractivity contribution in [3.63, 3.8) is 0 Å². The molecule has 0 unspecified atom stereocenters. The summed E-state index contributed by atoms with van der Waals surface area (Å²) in [6, 6.07) is 0. The molecule has 1 saturated carbocycles. The van der Waals surface area contributed by atoms with Crippen molar-refractivity contribution in [2.24, 2.45) is 0 Å². The summed E-state index contributed by atoms with van der Waals surface area (Å²) >= 11 is 1.78. The lowest BCUT2D eigenvalue weighted by molar-refractivity contribution is -0.0447. The van der Waals surface area contributed by atoms with Gasteiger partial charge in [0.2, 0.25) is 0 Å². The van der Waals surface area contributed by atoms with Gasteiger partial charge >= 0.3 is 0 Å². The number of hydrogen-bond donors (Lipinski definition) is 0. The summed E-state index contributed by atoms with van der Waals surface area (Å²) in [5.74, 6) is 0. The van der Waals surface area contributed by atoms with Crippen LogP contribution < -0.4 is 0 Å². The van der Waals surface area contributed by atoms with Gasteiger partial charge in [-0.2, -0.15) is 0 Å². The molecule has 90 valence electrons. The van der Waals surface area contributed by atoms with Crippen molar-refractivity contribution >= 4 is 11.3 Å². The summed E-state index contributed by atoms with van der Waals surface area (Å²) in [7, 11) is 1.84. The number of hydrogen-bond acceptors (Lipinski definition) is 3. The largest absolute Gasteiger partial charge is 0.371 e. The van der Waals surface area contributed by atoms with Gasteiger partial charge < -0.3 is 4.74 Å². The fourth-order valence-electron chi connectivity index (χ4n) is 2.52. The Hall–Kier alpha value is -0.410. The molecule has 1 aromatic rings. The van der Waals surface area contributed by atoms with Crippen LogP contribution in [0.25, 0.3) is 0 Å². The number of aromatic nitrogens is 1. The van der Waals surface area contributed by atoms with E-state index in [1.807, 2.05) is 7.11 Å². The molecule has 1 fully saturated rings. The molecule has 16 heavy (non-hydrogen) atoms. The van der Waals surface area contributed by atoms with E-state index in [9.17, 15) is 0 Å². The maximum absolute atomic E-state index is 5.80. The van der Waals surface area contributed by atoms with Gasteiger partial charge in [0.25, 0.3) is 0 Å². The predicted molar refractivity (Wildman–Crippen MR) is 67.9 cm³/mol. The number of aryl methyl sites for hydroxylation is 1. The maximum atomic E-state index is 5.80. The average Bonchev–Trinajstić information content (AvgIpc) is 2.80. The topological polar surface area (TPSA) is 22.1 Å². The third-order valence-electron chi connectivity index (χ3n) is 3.50. The van der Waals surface area contributed by atoms with Crippen molar-refractivity contribution < 1.29 is 4.74 Å². The van der Waals surface area contributed by atoms with E-state index in [1.165, 1.54) is 36.4 Å². The first-order valence-electron chi connectivity index (χ1n) is 6.31. The van der Waals surface area contributed by atoms with Crippen LogP contribution in [0.15, 0.2) is 5.38 Å². The Labute approximate surface area is 102 Å². The van der Waals surface area contributed by atoms with E-state index < -0.39 is 0 Å². The Morgan fingerprint density at radius 3 is 2.75 bits per heavy atom. The molecule has 0 N–H and O–H groups in total. The number of thiazole rings is 1. The molecule has 0 spiro atoms. The zero-order valence-corrected chi connectivity index (χ0v) is 11.1. The van der Waals surface area contributed by atoms with Gasteiger partial charge in [-0.1, -0.05) is 32.6 Å². The maximum Gasteiger partial charge on any atom is 0.125 e. The molecule has 0 saturated heterocycles. The van der Waals surface area contributed by atoms with E-state index in [1.54, 1.807) is 11.3 Å². The first-order chi connectivity index (χ1) is 7.80. The van der Waals surface area contributed by atoms with Gasteiger partial charge in [-0.15, -0.1) is 11.3 Å². The molecule has 0 aromatic carbocycles. The van der Waals surface area contributed by atoms with Crippen LogP contribution in [0.1, 0.15) is 56.2 Å². The molecule has 0 aliphatic heterocycles. The Morgan fingerprint density at radius 2 is 2.12 bits per heavy atom. The highest BCUT2D eigenvalue weighted by molar-refractivity contribution is 7.09. The number of rotatable bonds is 4. The van der Waals surface area contributed by atoms with Crippen molar-refractivity contribution in [3.8, 4) is 0 Å². The van der Waals surface area contributed by atoms with Crippen molar-refractivity contribution in [2.75, 3.05) is 7.11 Å². The third-order valence-corrected chi connectivity index (χ3v) is 4.58. The van der Waals surface area contributed by atoms with Crippen LogP contribution in [-0.4, -0.2) is 12.1 Å². The van der Waals surface area contributed by atoms with Crippen LogP contribution in [0.4, 0.5) is 0 Å². The highest BCUT2D eigenvalue weighted by Crippen LogP contribution is 2.41. The second-order valence-corrected chi connectivity index (χ2v) is 5.51. The van der Waals surface area contributed by atoms with E-state index >= 15 is 0 Å². The van der Waals surface area contributed by atoms with Gasteiger partial charge in [0.1, 0.15) is 10.6 Å². The molecule has 3 heteroatoms. The van der Waals surface area contributed by atoms with Crippen LogP contribution in [0.3, 0.4) is 0 Å². The molecule has 0 atom stereocenters. The normalized spacial score (nSPS) is 19.9. The van der Waals surface area contributed by atoms with Gasteiger partial charge in [-0.05, 0) is 19.3 Å². The predicted octanol–water partition coefficient (Wildman–Crippen LogP) is 3.90. The van der Waals surface area contributed by atoms with Crippen molar-refractivity contribution in [1.82, 2.24) is 4.98 Å². The molecule has 0 radical (unpaired) electrons. The highest BCUT2D eigenvalue weighted by atomic mass is 32.1. The summed E-state index contributed by atoms with van der Waals surface area (Å²) in [5, 5.41) is 3.41. The van der Waals surface area contributed by atoms with Gasteiger partial charge in [0.15, 0.2) is 0 Å². The first-order valence-corrected chi connectivity index (χ1v) is 7.19. The third kappa shape index (κ3) is 2.30. The summed E-state index contributed by atoms with van der Waals surface area (Å²) in [6.07, 6.45) is 8.44. The standard InChI is InChI=1S/C13H21NOS/c1-3-7-11-10-16-12(14-11)13(15-2)8-5-4-6-9-13/h10H,3-9H2,1-2H3. The van der Waals surface area contributed by atoms with Crippen LogP contribution in [0.2, 0.25) is 0 Å². The van der Waals surface area contributed by atoms with E-state index in [-0.39, 0.29) is 5.60 Å². The van der Waals surface area contributed by atoms with E-state index in [2.05, 4.69) is 12.3 Å². The van der Waals surface area contributed by atoms with Gasteiger partial charge in [0.05, 0.1) is 5.69 Å². The minimum Gasteiger partial charge on any atom is -0.371 e. The first kappa shape index (κ1) is 12.1. The summed E-state index contributed by atoms with van der Waals surface area (Å²) in [5.41, 5.74) is 1.18. The second-order valence-electron chi connectivity index (χ2n) is 4.65. The Morgan fingerprint density at radius 1 is 1.38 bits per heavy atom. The van der Waals surface area contributed by atoms with Gasteiger partial charge in [-0.3, -0.25) is 0 Å². The molecule has 2 rings (SSSR count). The van der Waals surface area contributed by atoms with Crippen LogP contribution >= 0.6 is 11.3 Å². The van der Waals surface area contributed by atoms with Gasteiger partial charge in [0, 0.05) is 12.5 Å². The fourth-order valence-corrected chi connectivity index (χ4v) is 3.61. The zero-order chi connectivity index (χ0) is 11.4. The summed E-state index contributed by atoms with van der Waals surface area (Å²) in [4.78, 5) is 4.76. The smallest absolute Gasteiger partial charge is 0.125 e. The average molecular weight is 239 g/mol. The summed E-state index contributed by atoms with van der Waals surface area (Å²) in [6.45, 7) is 2.20. The molecule has 1 aromatic heterocycles. The minimum absolute atomic E-state index is 0.0606. The van der Waals surface area contributed by atoms with Crippen LogP contribution in [-0.2, 0) is 16.8 Å². The SMILES string of the molecule is CCCc1csc(C2(OC)CCCCC2)n1. The van der Waals surface area contributed by atoms with Crippen molar-refractivity contribution in [1.29, 1.82) is 0 Å². The Kier molecular flexibility index (Phi) is 3.98. The number of nitrogens with zero attached hydrogens (tertiary/aromatic N) is 1. The van der Waals surface area contributed by atoms with Gasteiger partial charge in [-0.25, -0.2) is 4.98 Å². The van der Waals surface area contributed by atoms with E-state index in [0.717, 1.165) is 19.3 Å². The highest BCUT2D eigenvalue weighted by Gasteiger charge is 2.36. The van der Waals surface area contributed by atoms with Crippen molar-refractivity contribution in [3.05, 3.63) is 16.1 Å². The lowest BCUT2D eigenvalue weighted by atomic mass is 9.85. The van der Waals surface area contributed by atoms with E-state index in [4.69, 9.17) is 9.72 Å². The van der Waals surface area contributed by atoms with Crippen molar-refractivity contribution in [2.45, 2.75) is 57.5 Å². The van der Waals surface area contributed by atoms with Crippen LogP contribution in [0, 0.1) is 0 Å². The lowest BCUT2D eigenvalue weighted by Gasteiger charge is -2.34. The lowest BCUT2D eigenvalue weighted by Crippen LogP contribution is -2.30. The molecule has 1 heterocycles. The molecule has 0 bridgehead atoms.